The van der Waals surface area contributed by atoms with E-state index in [1.54, 1.807) is 0 Å². The summed E-state index contributed by atoms with van der Waals surface area (Å²) in [5, 5.41) is 10.3. The van der Waals surface area contributed by atoms with Gasteiger partial charge in [0.1, 0.15) is 0 Å². The molecule has 0 heterocycles. The normalized spacial score (nSPS) is 53.0. The molecule has 2 heteroatoms. The standard InChI is InChI=1S/C23H31NO/c1-3-22-10-9-17-16-8-6-15(25)11-14(16)5-7-18(17)21(22)19-12-20(19)23(22,4-2)13-24/h11,16-21H,3-10,12H2,1-2H3/t16?,17?,18?,19?,20?,21-,22?,23+/m1/s1. The molecule has 0 N–H and O–H groups in total. The summed E-state index contributed by atoms with van der Waals surface area (Å²) in [4.78, 5) is 11.9. The highest BCUT2D eigenvalue weighted by atomic mass is 16.1. The average Bonchev–Trinajstić information content (AvgIpc) is 3.38. The van der Waals surface area contributed by atoms with E-state index in [1.165, 1.54) is 37.7 Å². The summed E-state index contributed by atoms with van der Waals surface area (Å²) in [7, 11) is 0. The third kappa shape index (κ3) is 1.78. The molecular weight excluding hydrogens is 306 g/mol. The van der Waals surface area contributed by atoms with Crippen LogP contribution in [0.1, 0.15) is 71.6 Å². The van der Waals surface area contributed by atoms with Gasteiger partial charge in [0.15, 0.2) is 5.78 Å². The first kappa shape index (κ1) is 16.1. The molecule has 5 aliphatic carbocycles. The van der Waals surface area contributed by atoms with Gasteiger partial charge in [-0.05, 0) is 98.4 Å². The lowest BCUT2D eigenvalue weighted by molar-refractivity contribution is -0.116. The van der Waals surface area contributed by atoms with Gasteiger partial charge < -0.3 is 0 Å². The van der Waals surface area contributed by atoms with Crippen LogP contribution in [-0.2, 0) is 4.79 Å². The Morgan fingerprint density at radius 3 is 2.68 bits per heavy atom. The molecule has 0 saturated heterocycles. The van der Waals surface area contributed by atoms with Crippen LogP contribution in [0.25, 0.3) is 0 Å². The molecule has 0 aromatic rings. The number of nitrogens with zero attached hydrogens (tertiary/aromatic N) is 1. The van der Waals surface area contributed by atoms with E-state index in [0.29, 0.717) is 17.6 Å². The maximum absolute atomic E-state index is 11.9. The van der Waals surface area contributed by atoms with E-state index in [4.69, 9.17) is 0 Å². The van der Waals surface area contributed by atoms with Gasteiger partial charge in [-0.2, -0.15) is 5.26 Å². The van der Waals surface area contributed by atoms with Gasteiger partial charge in [-0.25, -0.2) is 0 Å². The minimum absolute atomic E-state index is 0.0410. The average molecular weight is 338 g/mol. The lowest BCUT2D eigenvalue weighted by Gasteiger charge is -2.58. The van der Waals surface area contributed by atoms with E-state index >= 15 is 0 Å². The largest absolute Gasteiger partial charge is 0.295 e. The number of carbonyl (C=O) groups excluding carboxylic acids is 1. The number of carbonyl (C=O) groups is 1. The Hall–Kier alpha value is -1.10. The molecule has 0 radical (unpaired) electrons. The third-order valence-electron chi connectivity index (χ3n) is 9.59. The number of nitriles is 1. The molecule has 134 valence electrons. The summed E-state index contributed by atoms with van der Waals surface area (Å²) in [6.45, 7) is 4.65. The van der Waals surface area contributed by atoms with Gasteiger partial charge >= 0.3 is 0 Å². The zero-order chi connectivity index (χ0) is 17.4. The van der Waals surface area contributed by atoms with Crippen molar-refractivity contribution in [3.63, 3.8) is 0 Å². The van der Waals surface area contributed by atoms with E-state index < -0.39 is 0 Å². The molecule has 8 atom stereocenters. The molecule has 0 amide bonds. The van der Waals surface area contributed by atoms with Crippen LogP contribution in [0.2, 0.25) is 0 Å². The molecule has 5 aliphatic rings. The Morgan fingerprint density at radius 2 is 1.96 bits per heavy atom. The van der Waals surface area contributed by atoms with Gasteiger partial charge in [0.05, 0.1) is 11.5 Å². The predicted octanol–water partition coefficient (Wildman–Crippen LogP) is 5.29. The molecule has 0 aromatic heterocycles. The van der Waals surface area contributed by atoms with Crippen LogP contribution < -0.4 is 0 Å². The van der Waals surface area contributed by atoms with E-state index in [2.05, 4.69) is 19.9 Å². The van der Waals surface area contributed by atoms with Gasteiger partial charge in [-0.15, -0.1) is 0 Å². The second-order valence-electron chi connectivity index (χ2n) is 9.71. The van der Waals surface area contributed by atoms with E-state index in [1.807, 2.05) is 6.08 Å². The summed E-state index contributed by atoms with van der Waals surface area (Å²) in [5.41, 5.74) is 1.73. The maximum atomic E-state index is 11.9. The Balaban J connectivity index is 1.54. The van der Waals surface area contributed by atoms with Crippen LogP contribution >= 0.6 is 0 Å². The Kier molecular flexibility index (Phi) is 3.36. The van der Waals surface area contributed by atoms with E-state index in [0.717, 1.165) is 49.4 Å². The zero-order valence-corrected chi connectivity index (χ0v) is 15.8. The fraction of sp³-hybridized carbons (Fsp3) is 0.826. The second-order valence-corrected chi connectivity index (χ2v) is 9.71. The second kappa shape index (κ2) is 5.21. The van der Waals surface area contributed by atoms with Gasteiger partial charge in [0.25, 0.3) is 0 Å². The van der Waals surface area contributed by atoms with Crippen LogP contribution in [0.15, 0.2) is 11.6 Å². The summed E-state index contributed by atoms with van der Waals surface area (Å²) >= 11 is 0. The number of fused-ring (bicyclic) bond motifs is 7. The minimum Gasteiger partial charge on any atom is -0.295 e. The first-order valence-corrected chi connectivity index (χ1v) is 10.8. The van der Waals surface area contributed by atoms with Crippen LogP contribution in [-0.4, -0.2) is 5.78 Å². The maximum Gasteiger partial charge on any atom is 0.155 e. The van der Waals surface area contributed by atoms with Crippen molar-refractivity contribution in [1.82, 2.24) is 0 Å². The predicted molar refractivity (Wildman–Crippen MR) is 97.4 cm³/mol. The highest BCUT2D eigenvalue weighted by molar-refractivity contribution is 5.91. The van der Waals surface area contributed by atoms with Gasteiger partial charge in [-0.1, -0.05) is 19.4 Å². The van der Waals surface area contributed by atoms with Gasteiger partial charge in [0.2, 0.25) is 0 Å². The molecule has 0 bridgehead atoms. The van der Waals surface area contributed by atoms with Crippen molar-refractivity contribution < 1.29 is 4.79 Å². The van der Waals surface area contributed by atoms with Crippen molar-refractivity contribution in [2.24, 2.45) is 46.3 Å². The molecule has 25 heavy (non-hydrogen) atoms. The highest BCUT2D eigenvalue weighted by Crippen LogP contribution is 2.80. The van der Waals surface area contributed by atoms with Crippen molar-refractivity contribution in [3.05, 3.63) is 11.6 Å². The number of allylic oxidation sites excluding steroid dienone is 1. The topological polar surface area (TPSA) is 40.9 Å². The highest BCUT2D eigenvalue weighted by Gasteiger charge is 2.76. The number of ketones is 1. The molecule has 0 aliphatic heterocycles. The number of hydrogen-bond acceptors (Lipinski definition) is 2. The monoisotopic (exact) mass is 337 g/mol. The Labute approximate surface area is 152 Å². The number of hydrogen-bond donors (Lipinski definition) is 0. The molecule has 4 saturated carbocycles. The zero-order valence-electron chi connectivity index (χ0n) is 15.8. The molecule has 4 fully saturated rings. The van der Waals surface area contributed by atoms with E-state index in [9.17, 15) is 10.1 Å². The molecule has 0 aromatic carbocycles. The smallest absolute Gasteiger partial charge is 0.155 e. The summed E-state index contributed by atoms with van der Waals surface area (Å²) < 4.78 is 0. The summed E-state index contributed by atoms with van der Waals surface area (Å²) in [6, 6.07) is 2.91. The van der Waals surface area contributed by atoms with Gasteiger partial charge in [-0.3, -0.25) is 4.79 Å². The fourth-order valence-corrected chi connectivity index (χ4v) is 8.73. The summed E-state index contributed by atoms with van der Waals surface area (Å²) in [6.07, 6.45) is 12.4. The summed E-state index contributed by atoms with van der Waals surface area (Å²) in [5.74, 6) is 4.98. The van der Waals surface area contributed by atoms with Crippen LogP contribution in [0, 0.1) is 57.7 Å². The quantitative estimate of drug-likeness (QED) is 0.686. The molecular formula is C23H31NO. The lowest BCUT2D eigenvalue weighted by atomic mass is 9.45. The van der Waals surface area contributed by atoms with Crippen LogP contribution in [0.4, 0.5) is 0 Å². The molecule has 6 unspecified atom stereocenters. The van der Waals surface area contributed by atoms with Gasteiger partial charge in [0, 0.05) is 6.42 Å². The first-order valence-electron chi connectivity index (χ1n) is 10.8. The third-order valence-corrected chi connectivity index (χ3v) is 9.59. The SMILES string of the molecule is CCC12CCC3C4CCC(=O)C=C4CCC3[C@@H]1C1CC1[C@@]2(C#N)CC. The van der Waals surface area contributed by atoms with Crippen molar-refractivity contribution in [2.45, 2.75) is 71.6 Å². The lowest BCUT2D eigenvalue weighted by Crippen LogP contribution is -2.52. The van der Waals surface area contributed by atoms with Crippen molar-refractivity contribution >= 4 is 5.78 Å². The number of rotatable bonds is 2. The Morgan fingerprint density at radius 1 is 1.12 bits per heavy atom. The van der Waals surface area contributed by atoms with Crippen molar-refractivity contribution in [2.75, 3.05) is 0 Å². The molecule has 2 nitrogen and oxygen atoms in total. The van der Waals surface area contributed by atoms with Crippen molar-refractivity contribution in [1.29, 1.82) is 5.26 Å². The van der Waals surface area contributed by atoms with Crippen LogP contribution in [0.3, 0.4) is 0 Å². The van der Waals surface area contributed by atoms with Crippen LogP contribution in [0.5, 0.6) is 0 Å². The Bertz CT molecular complexity index is 687. The molecule has 0 spiro atoms. The van der Waals surface area contributed by atoms with E-state index in [-0.39, 0.29) is 10.8 Å². The minimum atomic E-state index is -0.0410. The van der Waals surface area contributed by atoms with Crippen molar-refractivity contribution in [3.8, 4) is 6.07 Å². The molecule has 5 rings (SSSR count). The fourth-order valence-electron chi connectivity index (χ4n) is 8.73. The first-order chi connectivity index (χ1) is 12.1.